The number of benzene rings is 2. The Morgan fingerprint density at radius 2 is 1.54 bits per heavy atom. The molecular formula is C19H20N2O5. The molecule has 2 aromatic rings. The van der Waals surface area contributed by atoms with E-state index in [1.54, 1.807) is 39.8 Å². The number of amides is 1. The van der Waals surface area contributed by atoms with Gasteiger partial charge in [-0.15, -0.1) is 0 Å². The van der Waals surface area contributed by atoms with E-state index in [4.69, 9.17) is 0 Å². The van der Waals surface area contributed by atoms with Crippen LogP contribution in [0.1, 0.15) is 48.5 Å². The molecule has 0 fully saturated rings. The summed E-state index contributed by atoms with van der Waals surface area (Å²) in [5.41, 5.74) is 3.27. The molecule has 136 valence electrons. The van der Waals surface area contributed by atoms with Gasteiger partial charge in [0.2, 0.25) is 0 Å². The van der Waals surface area contributed by atoms with Gasteiger partial charge in [-0.1, -0.05) is 6.07 Å². The van der Waals surface area contributed by atoms with Gasteiger partial charge in [0.15, 0.2) is 0 Å². The fraction of sp³-hybridized carbons (Fsp3) is 0.263. The molecule has 0 atom stereocenters. The van der Waals surface area contributed by atoms with E-state index in [1.807, 2.05) is 0 Å². The van der Waals surface area contributed by atoms with Crippen molar-refractivity contribution in [2.45, 2.75) is 34.6 Å². The van der Waals surface area contributed by atoms with Gasteiger partial charge in [-0.2, -0.15) is 0 Å². The first-order chi connectivity index (χ1) is 12.0. The third kappa shape index (κ3) is 3.42. The lowest BCUT2D eigenvalue weighted by atomic mass is 9.96. The zero-order chi connectivity index (χ0) is 19.8. The van der Waals surface area contributed by atoms with Crippen LogP contribution in [-0.4, -0.2) is 21.9 Å². The monoisotopic (exact) mass is 356 g/mol. The molecule has 2 aromatic carbocycles. The van der Waals surface area contributed by atoms with Gasteiger partial charge in [0.05, 0.1) is 16.1 Å². The molecule has 0 aliphatic carbocycles. The van der Waals surface area contributed by atoms with Crippen LogP contribution in [-0.2, 0) is 0 Å². The third-order valence-electron chi connectivity index (χ3n) is 4.39. The highest BCUT2D eigenvalue weighted by molar-refractivity contribution is 6.08. The number of hydrogen-bond donors (Lipinski definition) is 2. The highest BCUT2D eigenvalue weighted by Gasteiger charge is 2.24. The van der Waals surface area contributed by atoms with Crippen LogP contribution >= 0.6 is 0 Å². The SMILES string of the molecule is Cc1cc(C)c(C(=O)O)cc1NC(=O)c1c(C)cc(C)c([N+](=O)[O-])c1C. The van der Waals surface area contributed by atoms with Crippen molar-refractivity contribution in [2.24, 2.45) is 0 Å². The molecule has 0 aliphatic rings. The van der Waals surface area contributed by atoms with Crippen molar-refractivity contribution in [1.82, 2.24) is 0 Å². The van der Waals surface area contributed by atoms with Gasteiger partial charge in [0.1, 0.15) is 0 Å². The Morgan fingerprint density at radius 1 is 0.962 bits per heavy atom. The molecule has 0 heterocycles. The maximum absolute atomic E-state index is 12.8. The Kier molecular flexibility index (Phi) is 5.11. The number of aryl methyl sites for hydroxylation is 4. The Balaban J connectivity index is 2.53. The summed E-state index contributed by atoms with van der Waals surface area (Å²) in [6.45, 7) is 8.31. The molecule has 0 saturated carbocycles. The molecule has 26 heavy (non-hydrogen) atoms. The number of nitro benzene ring substituents is 1. The van der Waals surface area contributed by atoms with Crippen molar-refractivity contribution in [3.8, 4) is 0 Å². The molecule has 0 radical (unpaired) electrons. The average Bonchev–Trinajstić information content (AvgIpc) is 2.48. The normalized spacial score (nSPS) is 10.5. The molecule has 0 unspecified atom stereocenters. The van der Waals surface area contributed by atoms with E-state index in [2.05, 4.69) is 5.32 Å². The van der Waals surface area contributed by atoms with Crippen LogP contribution in [0.15, 0.2) is 18.2 Å². The summed E-state index contributed by atoms with van der Waals surface area (Å²) in [5, 5.41) is 23.3. The quantitative estimate of drug-likeness (QED) is 0.633. The molecular weight excluding hydrogens is 336 g/mol. The summed E-state index contributed by atoms with van der Waals surface area (Å²) in [5.74, 6) is -1.59. The van der Waals surface area contributed by atoms with Crippen LogP contribution in [0.3, 0.4) is 0 Å². The lowest BCUT2D eigenvalue weighted by molar-refractivity contribution is -0.386. The number of nitrogens with one attached hydrogen (secondary N) is 1. The van der Waals surface area contributed by atoms with E-state index in [0.717, 1.165) is 0 Å². The van der Waals surface area contributed by atoms with Gasteiger partial charge in [-0.3, -0.25) is 14.9 Å². The van der Waals surface area contributed by atoms with Gasteiger partial charge in [-0.25, -0.2) is 4.79 Å². The lowest BCUT2D eigenvalue weighted by Crippen LogP contribution is -2.17. The van der Waals surface area contributed by atoms with Crippen LogP contribution in [0.2, 0.25) is 0 Å². The zero-order valence-corrected chi connectivity index (χ0v) is 15.3. The highest BCUT2D eigenvalue weighted by Crippen LogP contribution is 2.30. The van der Waals surface area contributed by atoms with Gasteiger partial charge in [0.25, 0.3) is 11.6 Å². The lowest BCUT2D eigenvalue weighted by Gasteiger charge is -2.15. The van der Waals surface area contributed by atoms with Crippen LogP contribution in [0.25, 0.3) is 0 Å². The minimum absolute atomic E-state index is 0.0902. The minimum Gasteiger partial charge on any atom is -0.478 e. The summed E-state index contributed by atoms with van der Waals surface area (Å²) < 4.78 is 0. The van der Waals surface area contributed by atoms with Gasteiger partial charge >= 0.3 is 5.97 Å². The van der Waals surface area contributed by atoms with E-state index >= 15 is 0 Å². The molecule has 2 N–H and O–H groups in total. The van der Waals surface area contributed by atoms with Crippen molar-refractivity contribution in [3.05, 3.63) is 67.3 Å². The van der Waals surface area contributed by atoms with Crippen LogP contribution in [0, 0.1) is 44.7 Å². The number of carbonyl (C=O) groups excluding carboxylic acids is 1. The van der Waals surface area contributed by atoms with E-state index in [1.165, 1.54) is 13.0 Å². The molecule has 0 aliphatic heterocycles. The fourth-order valence-electron chi connectivity index (χ4n) is 3.21. The third-order valence-corrected chi connectivity index (χ3v) is 4.39. The Morgan fingerprint density at radius 3 is 2.08 bits per heavy atom. The smallest absolute Gasteiger partial charge is 0.336 e. The molecule has 0 aromatic heterocycles. The predicted octanol–water partition coefficient (Wildman–Crippen LogP) is 4.09. The van der Waals surface area contributed by atoms with Crippen molar-refractivity contribution >= 4 is 23.3 Å². The summed E-state index contributed by atoms with van der Waals surface area (Å²) in [6.07, 6.45) is 0. The second-order valence-electron chi connectivity index (χ2n) is 6.36. The summed E-state index contributed by atoms with van der Waals surface area (Å²) >= 11 is 0. The topological polar surface area (TPSA) is 110 Å². The van der Waals surface area contributed by atoms with E-state index in [0.29, 0.717) is 27.9 Å². The summed E-state index contributed by atoms with van der Waals surface area (Å²) in [4.78, 5) is 34.9. The van der Waals surface area contributed by atoms with Gasteiger partial charge < -0.3 is 10.4 Å². The Hall–Kier alpha value is -3.22. The molecule has 7 heteroatoms. The highest BCUT2D eigenvalue weighted by atomic mass is 16.6. The average molecular weight is 356 g/mol. The second kappa shape index (κ2) is 6.95. The van der Waals surface area contributed by atoms with E-state index in [-0.39, 0.29) is 22.4 Å². The molecule has 7 nitrogen and oxygen atoms in total. The standard InChI is InChI=1S/C19H20N2O5/c1-9-6-10(2)15(8-14(9)19(23)24)20-18(22)16-11(3)7-12(4)17(13(16)5)21(25)26/h6-8H,1-5H3,(H,20,22)(H,23,24). The van der Waals surface area contributed by atoms with Crippen molar-refractivity contribution in [2.75, 3.05) is 5.32 Å². The van der Waals surface area contributed by atoms with E-state index in [9.17, 15) is 24.8 Å². The Bertz CT molecular complexity index is 948. The van der Waals surface area contributed by atoms with Crippen LogP contribution < -0.4 is 5.32 Å². The van der Waals surface area contributed by atoms with Crippen molar-refractivity contribution in [1.29, 1.82) is 0 Å². The number of hydrogen-bond acceptors (Lipinski definition) is 4. The summed E-state index contributed by atoms with van der Waals surface area (Å²) in [6, 6.07) is 4.68. The molecule has 0 spiro atoms. The number of aromatic carboxylic acids is 1. The number of carboxylic acid groups (broad SMARTS) is 1. The molecule has 0 bridgehead atoms. The maximum Gasteiger partial charge on any atom is 0.336 e. The predicted molar refractivity (Wildman–Crippen MR) is 98.1 cm³/mol. The number of anilines is 1. The second-order valence-corrected chi connectivity index (χ2v) is 6.36. The Labute approximate surface area is 150 Å². The number of nitrogens with zero attached hydrogens (tertiary/aromatic N) is 1. The zero-order valence-electron chi connectivity index (χ0n) is 15.3. The maximum atomic E-state index is 12.8. The number of nitro groups is 1. The van der Waals surface area contributed by atoms with Gasteiger partial charge in [0, 0.05) is 16.8 Å². The first kappa shape index (κ1) is 19.1. The van der Waals surface area contributed by atoms with Crippen molar-refractivity contribution < 1.29 is 19.6 Å². The number of rotatable bonds is 4. The minimum atomic E-state index is -1.09. The van der Waals surface area contributed by atoms with E-state index < -0.39 is 16.8 Å². The molecule has 0 saturated heterocycles. The number of carboxylic acids is 1. The first-order valence-corrected chi connectivity index (χ1v) is 7.95. The first-order valence-electron chi connectivity index (χ1n) is 7.95. The largest absolute Gasteiger partial charge is 0.478 e. The summed E-state index contributed by atoms with van der Waals surface area (Å²) in [7, 11) is 0. The van der Waals surface area contributed by atoms with Gasteiger partial charge in [-0.05, 0) is 63.4 Å². The van der Waals surface area contributed by atoms with Crippen molar-refractivity contribution in [3.63, 3.8) is 0 Å². The molecule has 2 rings (SSSR count). The van der Waals surface area contributed by atoms with Crippen LogP contribution in [0.5, 0.6) is 0 Å². The fourth-order valence-corrected chi connectivity index (χ4v) is 3.21. The molecule has 1 amide bonds. The number of carbonyl (C=O) groups is 2. The van der Waals surface area contributed by atoms with Crippen LogP contribution in [0.4, 0.5) is 11.4 Å².